The summed E-state index contributed by atoms with van der Waals surface area (Å²) in [6.07, 6.45) is -0.821. The number of rotatable bonds is 5. The van der Waals surface area contributed by atoms with E-state index in [1.807, 2.05) is 6.07 Å². The van der Waals surface area contributed by atoms with Crippen LogP contribution < -0.4 is 5.32 Å². The molecule has 1 aliphatic rings. The molecule has 1 saturated heterocycles. The van der Waals surface area contributed by atoms with Crippen LogP contribution in [0.2, 0.25) is 0 Å². The topological polar surface area (TPSA) is 113 Å². The lowest BCUT2D eigenvalue weighted by Gasteiger charge is -2.43. The van der Waals surface area contributed by atoms with E-state index >= 15 is 0 Å². The summed E-state index contributed by atoms with van der Waals surface area (Å²) < 4.78 is 5.01. The first-order valence-electron chi connectivity index (χ1n) is 8.63. The van der Waals surface area contributed by atoms with Crippen molar-refractivity contribution in [1.82, 2.24) is 10.2 Å². The normalized spacial score (nSPS) is 19.7. The monoisotopic (exact) mass is 376 g/mol. The molecule has 0 aliphatic carbocycles. The third-order valence-electron chi connectivity index (χ3n) is 4.77. The second-order valence-corrected chi connectivity index (χ2v) is 7.45. The van der Waals surface area contributed by atoms with Gasteiger partial charge in [-0.2, -0.15) is 0 Å². The lowest BCUT2D eigenvalue weighted by Crippen LogP contribution is -2.63. The smallest absolute Gasteiger partial charge is 0.407 e. The van der Waals surface area contributed by atoms with E-state index in [0.29, 0.717) is 0 Å². The van der Waals surface area contributed by atoms with Crippen LogP contribution in [0.3, 0.4) is 0 Å². The van der Waals surface area contributed by atoms with Gasteiger partial charge in [0, 0.05) is 6.42 Å². The number of aliphatic carboxylic acids is 1. The van der Waals surface area contributed by atoms with E-state index in [1.165, 1.54) is 0 Å². The zero-order valence-corrected chi connectivity index (χ0v) is 15.7. The number of carbonyl (C=O) groups excluding carboxylic acids is 3. The average molecular weight is 376 g/mol. The molecule has 8 nitrogen and oxygen atoms in total. The van der Waals surface area contributed by atoms with Crippen LogP contribution in [-0.4, -0.2) is 46.0 Å². The maximum absolute atomic E-state index is 12.6. The van der Waals surface area contributed by atoms with E-state index in [2.05, 4.69) is 5.32 Å². The molecule has 3 amide bonds. The molecule has 27 heavy (non-hydrogen) atoms. The van der Waals surface area contributed by atoms with E-state index < -0.39 is 41.4 Å². The second kappa shape index (κ2) is 7.77. The summed E-state index contributed by atoms with van der Waals surface area (Å²) in [6.45, 7) is 4.51. The SMILES string of the molecule is CC(C)(C)[C@@]1(C(=O)O)CCC(=O)N1C(=O)CNC(=O)OCc1ccccc1. The fourth-order valence-corrected chi connectivity index (χ4v) is 3.31. The molecule has 0 aromatic heterocycles. The van der Waals surface area contributed by atoms with Crippen LogP contribution in [0.5, 0.6) is 0 Å². The Kier molecular flexibility index (Phi) is 5.88. The summed E-state index contributed by atoms with van der Waals surface area (Å²) >= 11 is 0. The van der Waals surface area contributed by atoms with Gasteiger partial charge in [0.25, 0.3) is 0 Å². The molecule has 2 rings (SSSR count). The number of carboxylic acid groups (broad SMARTS) is 1. The van der Waals surface area contributed by atoms with Crippen LogP contribution in [0.25, 0.3) is 0 Å². The summed E-state index contributed by atoms with van der Waals surface area (Å²) in [7, 11) is 0. The van der Waals surface area contributed by atoms with Crippen molar-refractivity contribution in [2.75, 3.05) is 6.54 Å². The van der Waals surface area contributed by atoms with E-state index in [9.17, 15) is 24.3 Å². The number of benzene rings is 1. The molecule has 8 heteroatoms. The van der Waals surface area contributed by atoms with E-state index in [0.717, 1.165) is 10.5 Å². The van der Waals surface area contributed by atoms with Gasteiger partial charge in [-0.25, -0.2) is 9.59 Å². The van der Waals surface area contributed by atoms with Crippen molar-refractivity contribution < 1.29 is 29.0 Å². The number of nitrogens with zero attached hydrogens (tertiary/aromatic N) is 1. The highest BCUT2D eigenvalue weighted by atomic mass is 16.5. The molecule has 0 radical (unpaired) electrons. The molecule has 0 unspecified atom stereocenters. The Balaban J connectivity index is 2.02. The molecule has 0 spiro atoms. The quantitative estimate of drug-likeness (QED) is 0.812. The first-order chi connectivity index (χ1) is 12.6. The molecule has 146 valence electrons. The number of hydrogen-bond acceptors (Lipinski definition) is 5. The maximum atomic E-state index is 12.6. The number of likely N-dealkylation sites (tertiary alicyclic amines) is 1. The summed E-state index contributed by atoms with van der Waals surface area (Å²) in [4.78, 5) is 49.4. The highest BCUT2D eigenvalue weighted by Crippen LogP contribution is 2.44. The van der Waals surface area contributed by atoms with Gasteiger partial charge in [0.1, 0.15) is 13.2 Å². The minimum atomic E-state index is -1.64. The van der Waals surface area contributed by atoms with Gasteiger partial charge in [0.2, 0.25) is 11.8 Å². The van der Waals surface area contributed by atoms with Gasteiger partial charge < -0.3 is 15.2 Å². The highest BCUT2D eigenvalue weighted by Gasteiger charge is 2.60. The largest absolute Gasteiger partial charge is 0.479 e. The molecule has 1 aromatic rings. The Morgan fingerprint density at radius 2 is 1.85 bits per heavy atom. The molecule has 1 fully saturated rings. The van der Waals surface area contributed by atoms with Crippen LogP contribution in [-0.2, 0) is 25.7 Å². The molecular weight excluding hydrogens is 352 g/mol. The summed E-state index contributed by atoms with van der Waals surface area (Å²) in [5, 5.41) is 12.0. The second-order valence-electron chi connectivity index (χ2n) is 7.45. The number of amides is 3. The van der Waals surface area contributed by atoms with Crippen LogP contribution in [0.1, 0.15) is 39.2 Å². The fourth-order valence-electron chi connectivity index (χ4n) is 3.31. The van der Waals surface area contributed by atoms with Gasteiger partial charge in [0.05, 0.1) is 0 Å². The molecule has 1 atom stereocenters. The first kappa shape index (κ1) is 20.4. The third kappa shape index (κ3) is 4.10. The van der Waals surface area contributed by atoms with Gasteiger partial charge in [0.15, 0.2) is 5.54 Å². The van der Waals surface area contributed by atoms with Crippen LogP contribution in [0, 0.1) is 5.41 Å². The van der Waals surface area contributed by atoms with Crippen molar-refractivity contribution >= 4 is 23.9 Å². The zero-order chi connectivity index (χ0) is 20.2. The molecule has 1 aromatic carbocycles. The standard InChI is InChI=1S/C19H24N2O6/c1-18(2,3)19(16(24)25)10-9-14(22)21(19)15(23)11-20-17(26)27-12-13-7-5-4-6-8-13/h4-8H,9-12H2,1-3H3,(H,20,26)(H,24,25)/t19-/m0/s1. The summed E-state index contributed by atoms with van der Waals surface area (Å²) in [6, 6.07) is 9.01. The Morgan fingerprint density at radius 3 is 2.41 bits per heavy atom. The molecule has 2 N–H and O–H groups in total. The number of hydrogen-bond donors (Lipinski definition) is 2. The molecule has 1 heterocycles. The van der Waals surface area contributed by atoms with Crippen LogP contribution in [0.4, 0.5) is 4.79 Å². The van der Waals surface area contributed by atoms with Crippen molar-refractivity contribution in [2.24, 2.45) is 5.41 Å². The van der Waals surface area contributed by atoms with Gasteiger partial charge in [-0.05, 0) is 17.4 Å². The Labute approximate surface area is 157 Å². The minimum Gasteiger partial charge on any atom is -0.479 e. The summed E-state index contributed by atoms with van der Waals surface area (Å²) in [5.41, 5.74) is -1.73. The van der Waals surface area contributed by atoms with Gasteiger partial charge >= 0.3 is 12.1 Å². The van der Waals surface area contributed by atoms with E-state index in [-0.39, 0.29) is 19.4 Å². The van der Waals surface area contributed by atoms with Gasteiger partial charge in [-0.1, -0.05) is 51.1 Å². The Hall–Kier alpha value is -2.90. The number of carboxylic acids is 1. The molecule has 1 aliphatic heterocycles. The molecule has 0 bridgehead atoms. The van der Waals surface area contributed by atoms with Gasteiger partial charge in [-0.3, -0.25) is 14.5 Å². The zero-order valence-electron chi connectivity index (χ0n) is 15.7. The number of carbonyl (C=O) groups is 4. The maximum Gasteiger partial charge on any atom is 0.407 e. The van der Waals surface area contributed by atoms with Crippen molar-refractivity contribution in [1.29, 1.82) is 0 Å². The average Bonchev–Trinajstić information content (AvgIpc) is 2.97. The third-order valence-corrected chi connectivity index (χ3v) is 4.77. The van der Waals surface area contributed by atoms with Crippen molar-refractivity contribution in [3.05, 3.63) is 35.9 Å². The lowest BCUT2D eigenvalue weighted by molar-refractivity contribution is -0.168. The predicted molar refractivity (Wildman–Crippen MR) is 95.5 cm³/mol. The van der Waals surface area contributed by atoms with Crippen molar-refractivity contribution in [2.45, 2.75) is 45.8 Å². The highest BCUT2D eigenvalue weighted by molar-refractivity contribution is 6.05. The van der Waals surface area contributed by atoms with E-state index in [1.54, 1.807) is 45.0 Å². The van der Waals surface area contributed by atoms with E-state index in [4.69, 9.17) is 4.74 Å². The molecular formula is C19H24N2O6. The first-order valence-corrected chi connectivity index (χ1v) is 8.63. The van der Waals surface area contributed by atoms with Crippen LogP contribution >= 0.6 is 0 Å². The number of imide groups is 1. The predicted octanol–water partition coefficient (Wildman–Crippen LogP) is 1.93. The van der Waals surface area contributed by atoms with Crippen LogP contribution in [0.15, 0.2) is 30.3 Å². The lowest BCUT2D eigenvalue weighted by atomic mass is 9.71. The molecule has 0 saturated carbocycles. The Morgan fingerprint density at radius 1 is 1.22 bits per heavy atom. The van der Waals surface area contributed by atoms with Gasteiger partial charge in [-0.15, -0.1) is 0 Å². The number of alkyl carbamates (subject to hydrolysis) is 1. The minimum absolute atomic E-state index is 0.0323. The fraction of sp³-hybridized carbons (Fsp3) is 0.474. The Bertz CT molecular complexity index is 740. The van der Waals surface area contributed by atoms with Crippen molar-refractivity contribution in [3.8, 4) is 0 Å². The number of ether oxygens (including phenoxy) is 1. The van der Waals surface area contributed by atoms with Crippen molar-refractivity contribution in [3.63, 3.8) is 0 Å². The number of nitrogens with one attached hydrogen (secondary N) is 1. The summed E-state index contributed by atoms with van der Waals surface area (Å²) in [5.74, 6) is -2.57.